The molecule has 3 saturated carbocycles. The van der Waals surface area contributed by atoms with Gasteiger partial charge in [0.2, 0.25) is 5.91 Å². The van der Waals surface area contributed by atoms with Gasteiger partial charge in [-0.3, -0.25) is 9.59 Å². The van der Waals surface area contributed by atoms with E-state index < -0.39 is 11.6 Å². The number of carbonyl (C=O) groups is 2. The average Bonchev–Trinajstić information content (AvgIpc) is 2.87. The van der Waals surface area contributed by atoms with E-state index in [9.17, 15) is 14.7 Å². The molecule has 1 radical (unpaired) electrons. The van der Waals surface area contributed by atoms with Gasteiger partial charge in [0, 0.05) is 17.9 Å². The number of hydrogen-bond donors (Lipinski definition) is 3. The number of rotatable bonds is 11. The van der Waals surface area contributed by atoms with E-state index in [4.69, 9.17) is 4.65 Å². The van der Waals surface area contributed by atoms with Crippen molar-refractivity contribution in [2.24, 2.45) is 23.2 Å². The van der Waals surface area contributed by atoms with Crippen LogP contribution in [0.1, 0.15) is 69.8 Å². The van der Waals surface area contributed by atoms with Gasteiger partial charge in [-0.15, -0.1) is 0 Å². The molecule has 7 heteroatoms. The molecule has 3 fully saturated rings. The van der Waals surface area contributed by atoms with E-state index in [2.05, 4.69) is 38.3 Å². The van der Waals surface area contributed by atoms with Crippen LogP contribution in [0.5, 0.6) is 0 Å². The second-order valence-corrected chi connectivity index (χ2v) is 12.4. The number of amides is 2. The maximum absolute atomic E-state index is 13.6. The molecule has 0 aliphatic heterocycles. The molecule has 2 bridgehead atoms. The van der Waals surface area contributed by atoms with Gasteiger partial charge in [-0.25, -0.2) is 0 Å². The zero-order valence-electron chi connectivity index (χ0n) is 23.3. The van der Waals surface area contributed by atoms with Gasteiger partial charge in [-0.1, -0.05) is 76.2 Å². The number of benzene rings is 2. The maximum atomic E-state index is 13.6. The Balaban J connectivity index is 1.44. The summed E-state index contributed by atoms with van der Waals surface area (Å²) < 4.78 is 6.23. The van der Waals surface area contributed by atoms with Crippen molar-refractivity contribution in [3.63, 3.8) is 0 Å². The summed E-state index contributed by atoms with van der Waals surface area (Å²) in [5.74, 6) is 0.147. The Morgan fingerprint density at radius 3 is 2.21 bits per heavy atom. The maximum Gasteiger partial charge on any atom is 0.317 e. The first-order valence-electron chi connectivity index (χ1n) is 13.9. The molecular formula is C31H42BN2O4. The van der Waals surface area contributed by atoms with E-state index in [-0.39, 0.29) is 35.2 Å². The molecule has 2 amide bonds. The smallest absolute Gasteiger partial charge is 0.317 e. The topological polar surface area (TPSA) is 87.7 Å². The molecule has 3 N–H and O–H groups in total. The van der Waals surface area contributed by atoms with Gasteiger partial charge in [0.05, 0.1) is 11.7 Å². The number of nitrogens with one attached hydrogen (secondary N) is 2. The molecule has 203 valence electrons. The zero-order valence-corrected chi connectivity index (χ0v) is 23.3. The summed E-state index contributed by atoms with van der Waals surface area (Å²) in [4.78, 5) is 26.5. The van der Waals surface area contributed by atoms with Gasteiger partial charge in [-0.2, -0.15) is 0 Å². The lowest BCUT2D eigenvalue weighted by atomic mass is 9.43. The van der Waals surface area contributed by atoms with E-state index in [0.29, 0.717) is 30.2 Å². The summed E-state index contributed by atoms with van der Waals surface area (Å²) in [7, 11) is 1.70. The van der Waals surface area contributed by atoms with Crippen molar-refractivity contribution in [1.29, 1.82) is 0 Å². The molecule has 5 rings (SSSR count). The van der Waals surface area contributed by atoms with Crippen molar-refractivity contribution in [2.75, 3.05) is 0 Å². The van der Waals surface area contributed by atoms with E-state index in [1.165, 1.54) is 0 Å². The van der Waals surface area contributed by atoms with Crippen LogP contribution in [0, 0.1) is 23.2 Å². The van der Waals surface area contributed by atoms with Crippen molar-refractivity contribution in [3.05, 3.63) is 71.8 Å². The fourth-order valence-corrected chi connectivity index (χ4v) is 6.34. The third-order valence-electron chi connectivity index (χ3n) is 8.73. The van der Waals surface area contributed by atoms with Crippen LogP contribution in [-0.4, -0.2) is 48.1 Å². The molecule has 2 aromatic rings. The van der Waals surface area contributed by atoms with E-state index >= 15 is 0 Å². The van der Waals surface area contributed by atoms with Crippen LogP contribution in [0.2, 0.25) is 0 Å². The highest BCUT2D eigenvalue weighted by Crippen LogP contribution is 2.63. The number of hydrogen-bond acceptors (Lipinski definition) is 4. The SMILES string of the molecule is CC(C)CC([B]OC1CC2CC(C2(C)C)C1(C)O)NC(=O)C(Cc1ccccc1)NC(=O)c1ccccc1. The molecule has 6 nitrogen and oxygen atoms in total. The number of aliphatic hydroxyl groups is 1. The third kappa shape index (κ3) is 6.32. The standard InChI is InChI=1S/C31H42BN2O4/c1-20(2)16-27(32-38-26-19-23-18-25(30(23,3)4)31(26,5)37)34-29(36)24(17-21-12-8-6-9-13-21)33-28(35)22-14-10-7-11-15-22/h6-15,20,23-27,37H,16-19H2,1-5H3,(H,33,35)(H,34,36). The molecule has 3 aliphatic carbocycles. The first-order valence-corrected chi connectivity index (χ1v) is 13.9. The summed E-state index contributed by atoms with van der Waals surface area (Å²) >= 11 is 0. The van der Waals surface area contributed by atoms with Crippen molar-refractivity contribution in [3.8, 4) is 0 Å². The van der Waals surface area contributed by atoms with Crippen LogP contribution in [0.15, 0.2) is 60.7 Å². The fourth-order valence-electron chi connectivity index (χ4n) is 6.34. The summed E-state index contributed by atoms with van der Waals surface area (Å²) in [6.45, 7) is 10.6. The van der Waals surface area contributed by atoms with E-state index in [1.807, 2.05) is 43.3 Å². The zero-order chi connectivity index (χ0) is 27.5. The molecule has 6 unspecified atom stereocenters. The Morgan fingerprint density at radius 2 is 1.63 bits per heavy atom. The highest BCUT2D eigenvalue weighted by molar-refractivity contribution is 6.30. The lowest BCUT2D eigenvalue weighted by Gasteiger charge is -2.65. The molecule has 0 spiro atoms. The van der Waals surface area contributed by atoms with Gasteiger partial charge in [-0.05, 0) is 67.1 Å². The Bertz CT molecular complexity index is 1090. The summed E-state index contributed by atoms with van der Waals surface area (Å²) in [6.07, 6.45) is 2.59. The number of fused-ring (bicyclic) bond motifs is 2. The van der Waals surface area contributed by atoms with Gasteiger partial charge in [0.15, 0.2) is 0 Å². The van der Waals surface area contributed by atoms with Gasteiger partial charge in [0.25, 0.3) is 5.91 Å². The van der Waals surface area contributed by atoms with Crippen molar-refractivity contribution in [2.45, 2.75) is 84.0 Å². The summed E-state index contributed by atoms with van der Waals surface area (Å²) in [6, 6.07) is 17.9. The largest absolute Gasteiger partial charge is 0.433 e. The predicted octanol–water partition coefficient (Wildman–Crippen LogP) is 4.34. The molecule has 0 heterocycles. The highest BCUT2D eigenvalue weighted by atomic mass is 16.5. The second-order valence-electron chi connectivity index (χ2n) is 12.4. The molecule has 38 heavy (non-hydrogen) atoms. The second kappa shape index (κ2) is 11.6. The average molecular weight is 517 g/mol. The summed E-state index contributed by atoms with van der Waals surface area (Å²) in [5, 5.41) is 17.4. The Labute approximate surface area is 228 Å². The van der Waals surface area contributed by atoms with Gasteiger partial charge >= 0.3 is 7.48 Å². The Kier molecular flexibility index (Phi) is 8.68. The predicted molar refractivity (Wildman–Crippen MR) is 150 cm³/mol. The van der Waals surface area contributed by atoms with E-state index in [0.717, 1.165) is 18.4 Å². The fraction of sp³-hybridized carbons (Fsp3) is 0.548. The quantitative estimate of drug-likeness (QED) is 0.387. The van der Waals surface area contributed by atoms with Crippen LogP contribution in [-0.2, 0) is 15.9 Å². The lowest BCUT2D eigenvalue weighted by molar-refractivity contribution is -0.239. The first-order chi connectivity index (χ1) is 18.0. The Morgan fingerprint density at radius 1 is 1.00 bits per heavy atom. The molecule has 3 aliphatic rings. The normalized spacial score (nSPS) is 27.1. The van der Waals surface area contributed by atoms with Crippen molar-refractivity contribution < 1.29 is 19.3 Å². The molecular weight excluding hydrogens is 475 g/mol. The Hall–Kier alpha value is -2.64. The molecule has 0 saturated heterocycles. The van der Waals surface area contributed by atoms with Crippen LogP contribution >= 0.6 is 0 Å². The van der Waals surface area contributed by atoms with Crippen LogP contribution < -0.4 is 10.6 Å². The lowest BCUT2D eigenvalue weighted by Crippen LogP contribution is -2.67. The molecule has 6 atom stereocenters. The van der Waals surface area contributed by atoms with Crippen LogP contribution in [0.4, 0.5) is 0 Å². The first kappa shape index (κ1) is 28.4. The minimum absolute atomic E-state index is 0.122. The third-order valence-corrected chi connectivity index (χ3v) is 8.73. The minimum atomic E-state index is -0.916. The van der Waals surface area contributed by atoms with Crippen molar-refractivity contribution >= 4 is 19.3 Å². The summed E-state index contributed by atoms with van der Waals surface area (Å²) in [5.41, 5.74) is 0.673. The minimum Gasteiger partial charge on any atom is -0.433 e. The molecule has 0 aromatic heterocycles. The van der Waals surface area contributed by atoms with Crippen LogP contribution in [0.3, 0.4) is 0 Å². The van der Waals surface area contributed by atoms with Crippen LogP contribution in [0.25, 0.3) is 0 Å². The van der Waals surface area contributed by atoms with E-state index in [1.54, 1.807) is 31.7 Å². The monoisotopic (exact) mass is 517 g/mol. The van der Waals surface area contributed by atoms with Gasteiger partial charge in [0.1, 0.15) is 6.04 Å². The molecule has 2 aromatic carbocycles. The van der Waals surface area contributed by atoms with Crippen molar-refractivity contribution in [1.82, 2.24) is 10.6 Å². The number of carbonyl (C=O) groups excluding carboxylic acids is 2. The van der Waals surface area contributed by atoms with Gasteiger partial charge < -0.3 is 20.4 Å². The highest BCUT2D eigenvalue weighted by Gasteiger charge is 2.63.